The second-order valence-corrected chi connectivity index (χ2v) is 5.86. The van der Waals surface area contributed by atoms with E-state index in [1.54, 1.807) is 21.3 Å². The molecule has 3 nitrogen and oxygen atoms in total. The average molecular weight is 307 g/mol. The van der Waals surface area contributed by atoms with E-state index < -0.39 is 5.97 Å². The second-order valence-electron chi connectivity index (χ2n) is 5.42. The lowest BCUT2D eigenvalue weighted by Crippen LogP contribution is -2.35. The maximum atomic E-state index is 5.30. The molecule has 0 saturated heterocycles. The quantitative estimate of drug-likeness (QED) is 0.287. The van der Waals surface area contributed by atoms with Gasteiger partial charge in [0.25, 0.3) is 5.97 Å². The van der Waals surface area contributed by atoms with Crippen LogP contribution < -0.4 is 0 Å². The Morgan fingerprint density at radius 1 is 0.850 bits per heavy atom. The number of thiol groups is 1. The molecular formula is C16H34O3S. The molecule has 0 aliphatic heterocycles. The molecule has 0 amide bonds. The fourth-order valence-electron chi connectivity index (χ4n) is 2.73. The van der Waals surface area contributed by atoms with Gasteiger partial charge in [0.1, 0.15) is 0 Å². The van der Waals surface area contributed by atoms with E-state index in [2.05, 4.69) is 19.6 Å². The first-order valence-electron chi connectivity index (χ1n) is 7.94. The predicted molar refractivity (Wildman–Crippen MR) is 88.3 cm³/mol. The first kappa shape index (κ1) is 20.2. The summed E-state index contributed by atoms with van der Waals surface area (Å²) >= 11 is 4.31. The highest BCUT2D eigenvalue weighted by Gasteiger charge is 2.28. The summed E-state index contributed by atoms with van der Waals surface area (Å²) in [6, 6.07) is 0. The number of rotatable bonds is 14. The van der Waals surface area contributed by atoms with Crippen LogP contribution in [0.25, 0.3) is 0 Å². The van der Waals surface area contributed by atoms with Gasteiger partial charge < -0.3 is 14.2 Å². The molecule has 0 aromatic rings. The molecule has 0 aliphatic carbocycles. The molecule has 0 aliphatic rings. The fourth-order valence-corrected chi connectivity index (χ4v) is 2.91. The van der Waals surface area contributed by atoms with Crippen LogP contribution in [0.2, 0.25) is 0 Å². The summed E-state index contributed by atoms with van der Waals surface area (Å²) in [5.74, 6) is 1.04. The van der Waals surface area contributed by atoms with Crippen molar-refractivity contribution in [3.05, 3.63) is 0 Å². The first-order valence-corrected chi connectivity index (χ1v) is 8.57. The molecule has 0 heterocycles. The fraction of sp³-hybridized carbons (Fsp3) is 1.00. The number of hydrogen-bond acceptors (Lipinski definition) is 4. The molecule has 0 N–H and O–H groups in total. The number of hydrogen-bond donors (Lipinski definition) is 1. The molecular weight excluding hydrogens is 272 g/mol. The van der Waals surface area contributed by atoms with Gasteiger partial charge in [-0.2, -0.15) is 12.6 Å². The van der Waals surface area contributed by atoms with Crippen molar-refractivity contribution >= 4 is 12.6 Å². The van der Waals surface area contributed by atoms with Gasteiger partial charge in [0.15, 0.2) is 0 Å². The highest BCUT2D eigenvalue weighted by atomic mass is 32.1. The highest BCUT2D eigenvalue weighted by molar-refractivity contribution is 7.80. The van der Waals surface area contributed by atoms with Crippen LogP contribution in [-0.4, -0.2) is 33.1 Å². The van der Waals surface area contributed by atoms with Crippen LogP contribution >= 0.6 is 12.6 Å². The molecule has 0 radical (unpaired) electrons. The Hall–Kier alpha value is 0.230. The topological polar surface area (TPSA) is 27.7 Å². The van der Waals surface area contributed by atoms with Crippen LogP contribution in [0.4, 0.5) is 0 Å². The minimum atomic E-state index is -0.852. The first-order chi connectivity index (χ1) is 9.67. The van der Waals surface area contributed by atoms with E-state index in [1.807, 2.05) is 0 Å². The van der Waals surface area contributed by atoms with Crippen molar-refractivity contribution in [1.29, 1.82) is 0 Å². The summed E-state index contributed by atoms with van der Waals surface area (Å²) in [6.45, 7) is 2.28. The van der Waals surface area contributed by atoms with E-state index in [0.717, 1.165) is 24.5 Å². The third-order valence-corrected chi connectivity index (χ3v) is 4.31. The molecule has 122 valence electrons. The molecule has 1 unspecified atom stereocenters. The average Bonchev–Trinajstić information content (AvgIpc) is 2.49. The van der Waals surface area contributed by atoms with Crippen LogP contribution in [0.3, 0.4) is 0 Å². The van der Waals surface area contributed by atoms with Gasteiger partial charge in [-0.1, -0.05) is 39.0 Å². The van der Waals surface area contributed by atoms with Crippen molar-refractivity contribution in [3.63, 3.8) is 0 Å². The van der Waals surface area contributed by atoms with Crippen LogP contribution in [0.5, 0.6) is 0 Å². The van der Waals surface area contributed by atoms with E-state index in [-0.39, 0.29) is 0 Å². The van der Waals surface area contributed by atoms with Crippen LogP contribution in [0.15, 0.2) is 0 Å². The standard InChI is InChI=1S/C16H34O3S/c1-5-10-15(12-9-14-20)11-7-6-8-13-16(17-2,18-3)19-4/h15,20H,5-14H2,1-4H3. The van der Waals surface area contributed by atoms with Gasteiger partial charge in [-0.3, -0.25) is 0 Å². The Kier molecular flexibility index (Phi) is 13.1. The third-order valence-electron chi connectivity index (χ3n) is 4.00. The van der Waals surface area contributed by atoms with Gasteiger partial charge in [0, 0.05) is 27.8 Å². The molecule has 0 rings (SSSR count). The van der Waals surface area contributed by atoms with Crippen molar-refractivity contribution in [2.75, 3.05) is 27.1 Å². The van der Waals surface area contributed by atoms with Gasteiger partial charge in [0.05, 0.1) is 0 Å². The Morgan fingerprint density at radius 3 is 1.95 bits per heavy atom. The predicted octanol–water partition coefficient (Wildman–Crippen LogP) is 4.66. The molecule has 0 aromatic heterocycles. The molecule has 1 atom stereocenters. The molecule has 0 aromatic carbocycles. The van der Waals surface area contributed by atoms with Gasteiger partial charge in [0.2, 0.25) is 0 Å². The largest absolute Gasteiger partial charge is 0.331 e. The molecule has 0 fully saturated rings. The van der Waals surface area contributed by atoms with Gasteiger partial charge in [-0.25, -0.2) is 0 Å². The lowest BCUT2D eigenvalue weighted by atomic mass is 9.92. The van der Waals surface area contributed by atoms with Crippen LogP contribution in [0.1, 0.15) is 64.7 Å². The summed E-state index contributed by atoms with van der Waals surface area (Å²) in [4.78, 5) is 0. The zero-order valence-electron chi connectivity index (χ0n) is 13.8. The second kappa shape index (κ2) is 12.9. The van der Waals surface area contributed by atoms with E-state index >= 15 is 0 Å². The van der Waals surface area contributed by atoms with Gasteiger partial charge in [-0.05, 0) is 30.9 Å². The maximum absolute atomic E-state index is 5.30. The van der Waals surface area contributed by atoms with Crippen LogP contribution in [0, 0.1) is 5.92 Å². The monoisotopic (exact) mass is 306 g/mol. The normalized spacial score (nSPS) is 13.7. The van der Waals surface area contributed by atoms with Crippen molar-refractivity contribution < 1.29 is 14.2 Å². The van der Waals surface area contributed by atoms with Crippen molar-refractivity contribution in [3.8, 4) is 0 Å². The summed E-state index contributed by atoms with van der Waals surface area (Å²) < 4.78 is 15.9. The van der Waals surface area contributed by atoms with Gasteiger partial charge in [-0.15, -0.1) is 0 Å². The summed E-state index contributed by atoms with van der Waals surface area (Å²) in [5, 5.41) is 0. The number of methoxy groups -OCH3 is 3. The lowest BCUT2D eigenvalue weighted by molar-refractivity contribution is -0.355. The van der Waals surface area contributed by atoms with E-state index in [0.29, 0.717) is 0 Å². The summed E-state index contributed by atoms with van der Waals surface area (Å²) in [6.07, 6.45) is 10.9. The van der Waals surface area contributed by atoms with E-state index in [9.17, 15) is 0 Å². The summed E-state index contributed by atoms with van der Waals surface area (Å²) in [7, 11) is 4.88. The van der Waals surface area contributed by atoms with Crippen molar-refractivity contribution in [1.82, 2.24) is 0 Å². The zero-order chi connectivity index (χ0) is 15.3. The van der Waals surface area contributed by atoms with E-state index in [4.69, 9.17) is 14.2 Å². The molecule has 0 bridgehead atoms. The Labute approximate surface area is 131 Å². The number of unbranched alkanes of at least 4 members (excludes halogenated alkanes) is 2. The van der Waals surface area contributed by atoms with Crippen molar-refractivity contribution in [2.24, 2.45) is 5.92 Å². The highest BCUT2D eigenvalue weighted by Crippen LogP contribution is 2.24. The Bertz CT molecular complexity index is 200. The zero-order valence-corrected chi connectivity index (χ0v) is 14.7. The lowest BCUT2D eigenvalue weighted by Gasteiger charge is -2.28. The molecule has 0 saturated carbocycles. The van der Waals surface area contributed by atoms with Crippen molar-refractivity contribution in [2.45, 2.75) is 70.7 Å². The molecule has 4 heteroatoms. The number of ether oxygens (including phenoxy) is 3. The molecule has 0 spiro atoms. The third kappa shape index (κ3) is 8.50. The SMILES string of the molecule is CCCC(CCCS)CCCCCC(OC)(OC)OC. The Balaban J connectivity index is 3.81. The van der Waals surface area contributed by atoms with Crippen LogP contribution in [-0.2, 0) is 14.2 Å². The smallest absolute Gasteiger partial charge is 0.282 e. The minimum Gasteiger partial charge on any atom is -0.331 e. The van der Waals surface area contributed by atoms with Gasteiger partial charge >= 0.3 is 0 Å². The minimum absolute atomic E-state index is 0.783. The molecule has 20 heavy (non-hydrogen) atoms. The summed E-state index contributed by atoms with van der Waals surface area (Å²) in [5.41, 5.74) is 0. The van der Waals surface area contributed by atoms with E-state index in [1.165, 1.54) is 44.9 Å². The Morgan fingerprint density at radius 2 is 1.45 bits per heavy atom. The maximum Gasteiger partial charge on any atom is 0.282 e.